The second-order valence-corrected chi connectivity index (χ2v) is 8.75. The Kier molecular flexibility index (Phi) is 6.22. The van der Waals surface area contributed by atoms with E-state index in [0.717, 1.165) is 13.1 Å². The van der Waals surface area contributed by atoms with Gasteiger partial charge in [0.25, 0.3) is 5.91 Å². The summed E-state index contributed by atoms with van der Waals surface area (Å²) in [5.41, 5.74) is 7.00. The van der Waals surface area contributed by atoms with Crippen LogP contribution in [0.25, 0.3) is 0 Å². The number of piperidine rings is 1. The molecular formula is C24H34ClN7O2. The SMILES string of the molecule is [2H]C1([2H])CN(c2ccc(Nc3nc(Cl)c(CC)nc3C(N)=O)cc2OC)CC([2H])([2H])C1N1CCN(C)CC1. The molecule has 1 amide bonds. The van der Waals surface area contributed by atoms with Gasteiger partial charge < -0.3 is 25.6 Å². The molecule has 3 N–H and O–H groups in total. The zero-order valence-electron chi connectivity index (χ0n) is 23.8. The summed E-state index contributed by atoms with van der Waals surface area (Å²) in [5, 5.41) is 3.18. The first-order chi connectivity index (χ1) is 17.9. The maximum absolute atomic E-state index is 12.0. The Hall–Kier alpha value is -2.62. The number of amides is 1. The minimum atomic E-state index is -1.80. The van der Waals surface area contributed by atoms with E-state index in [0.29, 0.717) is 42.3 Å². The van der Waals surface area contributed by atoms with Crippen molar-refractivity contribution in [3.63, 3.8) is 0 Å². The molecule has 0 bridgehead atoms. The topological polar surface area (TPSA) is 99.8 Å². The zero-order chi connectivity index (χ0) is 27.8. The summed E-state index contributed by atoms with van der Waals surface area (Å²) < 4.78 is 41.0. The summed E-state index contributed by atoms with van der Waals surface area (Å²) in [6.45, 7) is 4.69. The van der Waals surface area contributed by atoms with Crippen LogP contribution in [0.3, 0.4) is 0 Å². The molecule has 0 aliphatic carbocycles. The van der Waals surface area contributed by atoms with Crippen LogP contribution in [0.15, 0.2) is 18.2 Å². The second-order valence-electron chi connectivity index (χ2n) is 8.39. The van der Waals surface area contributed by atoms with Gasteiger partial charge in [-0.2, -0.15) is 0 Å². The highest BCUT2D eigenvalue weighted by Crippen LogP contribution is 2.35. The van der Waals surface area contributed by atoms with Gasteiger partial charge in [-0.05, 0) is 38.3 Å². The number of carbonyl (C=O) groups is 1. The lowest BCUT2D eigenvalue weighted by Crippen LogP contribution is -2.52. The molecule has 2 aliphatic heterocycles. The first-order valence-corrected chi connectivity index (χ1v) is 11.7. The Morgan fingerprint density at radius 1 is 1.24 bits per heavy atom. The van der Waals surface area contributed by atoms with Gasteiger partial charge >= 0.3 is 0 Å². The third kappa shape index (κ3) is 5.37. The Morgan fingerprint density at radius 3 is 2.56 bits per heavy atom. The van der Waals surface area contributed by atoms with Gasteiger partial charge in [-0.3, -0.25) is 9.69 Å². The number of likely N-dealkylation sites (N-methyl/N-ethyl adjacent to an activating group) is 1. The highest BCUT2D eigenvalue weighted by Gasteiger charge is 2.28. The largest absolute Gasteiger partial charge is 0.495 e. The Morgan fingerprint density at radius 2 is 1.94 bits per heavy atom. The number of halogens is 1. The molecule has 0 radical (unpaired) electrons. The maximum atomic E-state index is 12.0. The van der Waals surface area contributed by atoms with Gasteiger partial charge in [0, 0.05) is 62.5 Å². The molecule has 1 aromatic heterocycles. The minimum Gasteiger partial charge on any atom is -0.495 e. The van der Waals surface area contributed by atoms with E-state index in [1.165, 1.54) is 7.11 Å². The second kappa shape index (κ2) is 10.8. The van der Waals surface area contributed by atoms with E-state index in [4.69, 9.17) is 27.6 Å². The molecule has 2 fully saturated rings. The average molecular weight is 492 g/mol. The van der Waals surface area contributed by atoms with Crippen LogP contribution in [0.2, 0.25) is 5.15 Å². The van der Waals surface area contributed by atoms with E-state index in [2.05, 4.69) is 20.2 Å². The third-order valence-electron chi connectivity index (χ3n) is 6.12. The maximum Gasteiger partial charge on any atom is 0.271 e. The van der Waals surface area contributed by atoms with E-state index < -0.39 is 24.7 Å². The highest BCUT2D eigenvalue weighted by atomic mass is 35.5. The van der Waals surface area contributed by atoms with E-state index in [1.807, 2.05) is 18.9 Å². The molecule has 1 aromatic carbocycles. The Balaban J connectivity index is 1.60. The number of carbonyl (C=O) groups excluding carboxylic acids is 1. The lowest BCUT2D eigenvalue weighted by molar-refractivity contribution is 0.0981. The number of hydrogen-bond donors (Lipinski definition) is 2. The summed E-state index contributed by atoms with van der Waals surface area (Å²) in [7, 11) is 3.51. The number of ether oxygens (including phenoxy) is 1. The van der Waals surface area contributed by atoms with Crippen LogP contribution in [-0.4, -0.2) is 85.1 Å². The number of aryl methyl sites for hydroxylation is 1. The molecule has 34 heavy (non-hydrogen) atoms. The Labute approximate surface area is 211 Å². The van der Waals surface area contributed by atoms with Gasteiger partial charge in [-0.1, -0.05) is 18.5 Å². The smallest absolute Gasteiger partial charge is 0.271 e. The lowest BCUT2D eigenvalue weighted by Gasteiger charge is -2.42. The first-order valence-electron chi connectivity index (χ1n) is 13.3. The Bertz CT molecular complexity index is 1180. The van der Waals surface area contributed by atoms with Gasteiger partial charge in [0.15, 0.2) is 16.7 Å². The number of rotatable bonds is 7. The standard InChI is InChI=1S/C24H34ClN7O2/c1-4-18-22(25)29-24(21(28-18)23(26)33)27-16-5-6-19(20(15-16)34-3)32-9-7-17(8-10-32)31-13-11-30(2)12-14-31/h5-6,15,17H,4,7-14H2,1-3H3,(H2,26,33)(H,27,29)/i7D2,8D2. The number of aromatic nitrogens is 2. The average Bonchev–Trinajstić information content (AvgIpc) is 2.83. The number of piperazine rings is 1. The minimum absolute atomic E-state index is 0.0119. The fourth-order valence-electron chi connectivity index (χ4n) is 4.12. The van der Waals surface area contributed by atoms with Crippen LogP contribution >= 0.6 is 11.6 Å². The quantitative estimate of drug-likeness (QED) is 0.610. The van der Waals surface area contributed by atoms with Crippen molar-refractivity contribution in [1.29, 1.82) is 0 Å². The molecule has 0 spiro atoms. The summed E-state index contributed by atoms with van der Waals surface area (Å²) >= 11 is 6.21. The summed E-state index contributed by atoms with van der Waals surface area (Å²) in [6.07, 6.45) is -3.12. The molecule has 2 aliphatic rings. The molecule has 4 rings (SSSR count). The molecule has 0 atom stereocenters. The van der Waals surface area contributed by atoms with Gasteiger partial charge in [-0.15, -0.1) is 0 Å². The number of nitrogens with zero attached hydrogens (tertiary/aromatic N) is 5. The number of nitrogens with two attached hydrogens (primary N) is 1. The normalized spacial score (nSPS) is 22.9. The van der Waals surface area contributed by atoms with Crippen molar-refractivity contribution in [2.45, 2.75) is 32.1 Å². The van der Waals surface area contributed by atoms with Crippen LogP contribution in [-0.2, 0) is 6.42 Å². The van der Waals surface area contributed by atoms with Crippen LogP contribution in [0.1, 0.15) is 41.3 Å². The number of anilines is 3. The summed E-state index contributed by atoms with van der Waals surface area (Å²) in [4.78, 5) is 26.3. The van der Waals surface area contributed by atoms with Crippen LogP contribution in [0.5, 0.6) is 5.75 Å². The summed E-state index contributed by atoms with van der Waals surface area (Å²) in [6, 6.07) is 4.25. The van der Waals surface area contributed by atoms with E-state index in [9.17, 15) is 4.79 Å². The summed E-state index contributed by atoms with van der Waals surface area (Å²) in [5.74, 6) is -0.234. The van der Waals surface area contributed by atoms with E-state index in [-0.39, 0.29) is 29.8 Å². The third-order valence-corrected chi connectivity index (χ3v) is 6.43. The molecule has 2 saturated heterocycles. The van der Waals surface area contributed by atoms with Crippen molar-refractivity contribution in [1.82, 2.24) is 19.8 Å². The van der Waals surface area contributed by atoms with Gasteiger partial charge in [0.2, 0.25) is 0 Å². The molecular weight excluding hydrogens is 454 g/mol. The predicted octanol–water partition coefficient (Wildman–Crippen LogP) is 2.76. The molecule has 184 valence electrons. The lowest BCUT2D eigenvalue weighted by atomic mass is 10.0. The molecule has 0 unspecified atom stereocenters. The first kappa shape index (κ1) is 19.7. The van der Waals surface area contributed by atoms with Crippen molar-refractivity contribution in [3.05, 3.63) is 34.7 Å². The van der Waals surface area contributed by atoms with E-state index >= 15 is 0 Å². The highest BCUT2D eigenvalue weighted by molar-refractivity contribution is 6.30. The van der Waals surface area contributed by atoms with Gasteiger partial charge in [0.1, 0.15) is 5.75 Å². The number of methoxy groups -OCH3 is 1. The van der Waals surface area contributed by atoms with Crippen molar-refractivity contribution in [3.8, 4) is 5.75 Å². The fourth-order valence-corrected chi connectivity index (χ4v) is 4.38. The monoisotopic (exact) mass is 491 g/mol. The van der Waals surface area contributed by atoms with Crippen LogP contribution in [0.4, 0.5) is 17.2 Å². The number of primary amides is 1. The van der Waals surface area contributed by atoms with Crippen molar-refractivity contribution in [2.24, 2.45) is 5.73 Å². The van der Waals surface area contributed by atoms with Crippen LogP contribution in [0, 0.1) is 0 Å². The zero-order valence-corrected chi connectivity index (χ0v) is 20.5. The number of nitrogens with one attached hydrogen (secondary N) is 1. The van der Waals surface area contributed by atoms with Crippen molar-refractivity contribution < 1.29 is 15.0 Å². The van der Waals surface area contributed by atoms with Crippen LogP contribution < -0.4 is 20.7 Å². The fraction of sp³-hybridized carbons (Fsp3) is 0.542. The molecule has 3 heterocycles. The predicted molar refractivity (Wildman–Crippen MR) is 136 cm³/mol. The molecule has 0 saturated carbocycles. The number of hydrogen-bond acceptors (Lipinski definition) is 8. The van der Waals surface area contributed by atoms with Gasteiger partial charge in [0.05, 0.1) is 18.5 Å². The van der Waals surface area contributed by atoms with Gasteiger partial charge in [-0.25, -0.2) is 9.97 Å². The molecule has 10 heteroatoms. The van der Waals surface area contributed by atoms with E-state index in [1.54, 1.807) is 23.1 Å². The van der Waals surface area contributed by atoms with Crippen molar-refractivity contribution >= 4 is 34.7 Å². The number of benzene rings is 1. The molecule has 9 nitrogen and oxygen atoms in total. The van der Waals surface area contributed by atoms with Crippen molar-refractivity contribution in [2.75, 3.05) is 63.6 Å². The molecule has 2 aromatic rings.